The van der Waals surface area contributed by atoms with E-state index in [1.807, 2.05) is 6.07 Å². The van der Waals surface area contributed by atoms with E-state index in [1.165, 1.54) is 28.6 Å². The van der Waals surface area contributed by atoms with Crippen LogP contribution in [0.1, 0.15) is 45.5 Å². The second kappa shape index (κ2) is 9.46. The molecule has 7 heteroatoms. The molecule has 0 N–H and O–H groups in total. The van der Waals surface area contributed by atoms with Crippen molar-refractivity contribution in [1.82, 2.24) is 4.31 Å². The van der Waals surface area contributed by atoms with Gasteiger partial charge in [-0.05, 0) is 55.3 Å². The predicted molar refractivity (Wildman–Crippen MR) is 120 cm³/mol. The molecule has 164 valence electrons. The van der Waals surface area contributed by atoms with Gasteiger partial charge in [0.05, 0.1) is 10.5 Å². The Morgan fingerprint density at radius 1 is 0.719 bits per heavy atom. The van der Waals surface area contributed by atoms with Crippen LogP contribution in [0.25, 0.3) is 0 Å². The Kier molecular flexibility index (Phi) is 6.48. The molecule has 3 aromatic carbocycles. The maximum absolute atomic E-state index is 12.9. The molecule has 0 unspecified atom stereocenters. The second-order valence-corrected chi connectivity index (χ2v) is 9.54. The highest BCUT2D eigenvalue weighted by Gasteiger charge is 2.26. The van der Waals surface area contributed by atoms with E-state index in [2.05, 4.69) is 0 Å². The maximum atomic E-state index is 12.9. The molecule has 0 saturated carbocycles. The average molecular weight is 450 g/mol. The Morgan fingerprint density at radius 3 is 2.03 bits per heavy atom. The van der Waals surface area contributed by atoms with Gasteiger partial charge in [-0.15, -0.1) is 0 Å². The first-order valence-electron chi connectivity index (χ1n) is 10.5. The first-order valence-corrected chi connectivity index (χ1v) is 11.9. The highest BCUT2D eigenvalue weighted by Crippen LogP contribution is 2.22. The number of ether oxygens (including phenoxy) is 1. The monoisotopic (exact) mass is 449 g/mol. The summed E-state index contributed by atoms with van der Waals surface area (Å²) in [5.74, 6) is -0.522. The van der Waals surface area contributed by atoms with Gasteiger partial charge in [-0.1, -0.05) is 42.8 Å². The Morgan fingerprint density at radius 2 is 1.34 bits per heavy atom. The number of carbonyl (C=O) groups excluding carboxylic acids is 2. The van der Waals surface area contributed by atoms with Crippen molar-refractivity contribution in [2.45, 2.75) is 24.2 Å². The van der Waals surface area contributed by atoms with E-state index in [0.29, 0.717) is 24.2 Å². The summed E-state index contributed by atoms with van der Waals surface area (Å²) in [7, 11) is -3.64. The Balaban J connectivity index is 1.47. The lowest BCUT2D eigenvalue weighted by Gasteiger charge is -2.25. The molecule has 3 aromatic rings. The van der Waals surface area contributed by atoms with Crippen LogP contribution in [-0.2, 0) is 10.0 Å². The van der Waals surface area contributed by atoms with Gasteiger partial charge in [0.25, 0.3) is 0 Å². The summed E-state index contributed by atoms with van der Waals surface area (Å²) in [4.78, 5) is 25.2. The molecule has 0 aromatic heterocycles. The van der Waals surface area contributed by atoms with Gasteiger partial charge in [-0.25, -0.2) is 13.2 Å². The number of ketones is 1. The van der Waals surface area contributed by atoms with Crippen molar-refractivity contribution in [3.05, 3.63) is 95.6 Å². The fraction of sp³-hybridized carbons (Fsp3) is 0.200. The van der Waals surface area contributed by atoms with Crippen LogP contribution < -0.4 is 4.74 Å². The molecule has 1 aliphatic rings. The van der Waals surface area contributed by atoms with Gasteiger partial charge in [0, 0.05) is 24.2 Å². The molecule has 4 rings (SSSR count). The zero-order valence-corrected chi connectivity index (χ0v) is 18.3. The third-order valence-corrected chi connectivity index (χ3v) is 7.28. The molecule has 0 amide bonds. The quantitative estimate of drug-likeness (QED) is 0.318. The smallest absolute Gasteiger partial charge is 0.343 e. The van der Waals surface area contributed by atoms with Crippen molar-refractivity contribution < 1.29 is 22.7 Å². The van der Waals surface area contributed by atoms with E-state index in [0.717, 1.165) is 19.3 Å². The van der Waals surface area contributed by atoms with Crippen LogP contribution in [0.15, 0.2) is 83.8 Å². The summed E-state index contributed by atoms with van der Waals surface area (Å²) in [5, 5.41) is 0. The molecule has 1 fully saturated rings. The molecular weight excluding hydrogens is 426 g/mol. The summed E-state index contributed by atoms with van der Waals surface area (Å²) in [5.41, 5.74) is 1.20. The fourth-order valence-corrected chi connectivity index (χ4v) is 5.20. The van der Waals surface area contributed by atoms with Crippen LogP contribution in [0.4, 0.5) is 0 Å². The van der Waals surface area contributed by atoms with Crippen molar-refractivity contribution in [2.75, 3.05) is 13.1 Å². The van der Waals surface area contributed by atoms with Crippen LogP contribution >= 0.6 is 0 Å². The Hall–Kier alpha value is -3.29. The summed E-state index contributed by atoms with van der Waals surface area (Å²) < 4.78 is 32.6. The predicted octanol–water partition coefficient (Wildman–Crippen LogP) is 4.31. The van der Waals surface area contributed by atoms with Crippen LogP contribution in [0.3, 0.4) is 0 Å². The van der Waals surface area contributed by atoms with E-state index in [9.17, 15) is 18.0 Å². The van der Waals surface area contributed by atoms with E-state index in [1.54, 1.807) is 48.5 Å². The number of sulfonamides is 1. The highest BCUT2D eigenvalue weighted by molar-refractivity contribution is 7.89. The van der Waals surface area contributed by atoms with Crippen LogP contribution in [0, 0.1) is 0 Å². The lowest BCUT2D eigenvalue weighted by Crippen LogP contribution is -2.35. The SMILES string of the molecule is O=C(Oc1ccc(C(=O)c2ccccc2)cc1)c1cccc(S(=O)(=O)N2CCCCC2)c1. The van der Waals surface area contributed by atoms with Crippen molar-refractivity contribution >= 4 is 21.8 Å². The molecule has 1 heterocycles. The fourth-order valence-electron chi connectivity index (χ4n) is 3.63. The van der Waals surface area contributed by atoms with Gasteiger partial charge < -0.3 is 4.74 Å². The van der Waals surface area contributed by atoms with E-state index in [4.69, 9.17) is 4.74 Å². The molecule has 0 bridgehead atoms. The first kappa shape index (κ1) is 21.9. The van der Waals surface area contributed by atoms with Crippen molar-refractivity contribution in [2.24, 2.45) is 0 Å². The van der Waals surface area contributed by atoms with E-state index < -0.39 is 16.0 Å². The molecule has 0 radical (unpaired) electrons. The maximum Gasteiger partial charge on any atom is 0.343 e. The van der Waals surface area contributed by atoms with Crippen molar-refractivity contribution in [1.29, 1.82) is 0 Å². The summed E-state index contributed by atoms with van der Waals surface area (Å²) in [6, 6.07) is 21.1. The summed E-state index contributed by atoms with van der Waals surface area (Å²) in [6.07, 6.45) is 2.70. The zero-order chi connectivity index (χ0) is 22.6. The zero-order valence-electron chi connectivity index (χ0n) is 17.4. The Bertz CT molecular complexity index is 1210. The summed E-state index contributed by atoms with van der Waals surface area (Å²) >= 11 is 0. The lowest BCUT2D eigenvalue weighted by molar-refractivity contribution is 0.0734. The number of hydrogen-bond donors (Lipinski definition) is 0. The number of piperidine rings is 1. The molecule has 32 heavy (non-hydrogen) atoms. The number of rotatable bonds is 6. The van der Waals surface area contributed by atoms with Crippen LogP contribution in [0.2, 0.25) is 0 Å². The minimum Gasteiger partial charge on any atom is -0.423 e. The third-order valence-electron chi connectivity index (χ3n) is 5.39. The third kappa shape index (κ3) is 4.79. The molecule has 0 spiro atoms. The highest BCUT2D eigenvalue weighted by atomic mass is 32.2. The number of esters is 1. The molecular formula is C25H23NO5S. The molecule has 0 atom stereocenters. The van der Waals surface area contributed by atoms with Crippen LogP contribution in [-0.4, -0.2) is 37.6 Å². The van der Waals surface area contributed by atoms with Gasteiger partial charge in [-0.2, -0.15) is 4.31 Å². The number of hydrogen-bond acceptors (Lipinski definition) is 5. The lowest BCUT2D eigenvalue weighted by atomic mass is 10.0. The number of carbonyl (C=O) groups is 2. The Labute approximate surface area is 187 Å². The normalized spacial score (nSPS) is 14.6. The van der Waals surface area contributed by atoms with Gasteiger partial charge in [0.15, 0.2) is 5.78 Å². The number of nitrogens with zero attached hydrogens (tertiary/aromatic N) is 1. The molecule has 1 aliphatic heterocycles. The largest absolute Gasteiger partial charge is 0.423 e. The van der Waals surface area contributed by atoms with E-state index >= 15 is 0 Å². The van der Waals surface area contributed by atoms with Gasteiger partial charge >= 0.3 is 5.97 Å². The van der Waals surface area contributed by atoms with Gasteiger partial charge in [-0.3, -0.25) is 4.79 Å². The topological polar surface area (TPSA) is 80.8 Å². The first-order chi connectivity index (χ1) is 15.4. The minimum absolute atomic E-state index is 0.0812. The minimum atomic E-state index is -3.64. The molecule has 1 saturated heterocycles. The van der Waals surface area contributed by atoms with Gasteiger partial charge in [0.2, 0.25) is 10.0 Å². The molecule has 0 aliphatic carbocycles. The van der Waals surface area contributed by atoms with Crippen LogP contribution in [0.5, 0.6) is 5.75 Å². The summed E-state index contributed by atoms with van der Waals surface area (Å²) in [6.45, 7) is 0.982. The molecule has 6 nitrogen and oxygen atoms in total. The van der Waals surface area contributed by atoms with E-state index in [-0.39, 0.29) is 22.0 Å². The van der Waals surface area contributed by atoms with Crippen molar-refractivity contribution in [3.63, 3.8) is 0 Å². The van der Waals surface area contributed by atoms with Crippen molar-refractivity contribution in [3.8, 4) is 5.75 Å². The second-order valence-electron chi connectivity index (χ2n) is 7.60. The van der Waals surface area contributed by atoms with Gasteiger partial charge in [0.1, 0.15) is 5.75 Å². The average Bonchev–Trinajstić information content (AvgIpc) is 2.85. The standard InChI is InChI=1S/C25H23NO5S/c27-24(19-8-3-1-4-9-19)20-12-14-22(15-13-20)31-25(28)21-10-7-11-23(18-21)32(29,30)26-16-5-2-6-17-26/h1,3-4,7-15,18H,2,5-6,16-17H2. The number of benzene rings is 3.